The Kier molecular flexibility index (Phi) is 3.23. The van der Waals surface area contributed by atoms with Gasteiger partial charge in [0, 0.05) is 11.6 Å². The third kappa shape index (κ3) is 2.05. The molecule has 0 fully saturated rings. The van der Waals surface area contributed by atoms with Crippen molar-refractivity contribution < 1.29 is 4.74 Å². The number of hydrogen-bond donors (Lipinski definition) is 1. The van der Waals surface area contributed by atoms with Crippen molar-refractivity contribution in [2.24, 2.45) is 0 Å². The fourth-order valence-electron chi connectivity index (χ4n) is 1.03. The van der Waals surface area contributed by atoms with E-state index in [4.69, 9.17) is 22.1 Å². The van der Waals surface area contributed by atoms with Crippen LogP contribution in [0.4, 0.5) is 5.69 Å². The summed E-state index contributed by atoms with van der Waals surface area (Å²) in [5, 5.41) is 0. The second kappa shape index (κ2) is 4.21. The summed E-state index contributed by atoms with van der Waals surface area (Å²) in [7, 11) is 1.63. The van der Waals surface area contributed by atoms with Gasteiger partial charge >= 0.3 is 0 Å². The minimum Gasteiger partial charge on any atom is -0.497 e. The largest absolute Gasteiger partial charge is 0.497 e. The fraction of sp³-hybridized carbons (Fsp3) is 0.333. The molecule has 0 radical (unpaired) electrons. The molecule has 12 heavy (non-hydrogen) atoms. The van der Waals surface area contributed by atoms with E-state index in [0.29, 0.717) is 5.88 Å². The molecular weight excluding hydrogens is 174 g/mol. The van der Waals surface area contributed by atoms with E-state index in [2.05, 4.69) is 0 Å². The van der Waals surface area contributed by atoms with Crippen LogP contribution in [0.3, 0.4) is 0 Å². The molecule has 0 saturated heterocycles. The zero-order valence-corrected chi connectivity index (χ0v) is 7.77. The first-order valence-corrected chi connectivity index (χ1v) is 4.29. The molecule has 0 spiro atoms. The van der Waals surface area contributed by atoms with Gasteiger partial charge in [0.25, 0.3) is 0 Å². The van der Waals surface area contributed by atoms with Crippen molar-refractivity contribution in [3.63, 3.8) is 0 Å². The molecule has 0 aliphatic carbocycles. The maximum Gasteiger partial charge on any atom is 0.119 e. The highest BCUT2D eigenvalue weighted by Gasteiger charge is 1.99. The number of nitrogens with two attached hydrogens (primary N) is 1. The van der Waals surface area contributed by atoms with Crippen molar-refractivity contribution in [1.82, 2.24) is 0 Å². The predicted molar refractivity (Wildman–Crippen MR) is 51.8 cm³/mol. The Bertz CT molecular complexity index is 263. The topological polar surface area (TPSA) is 35.2 Å². The molecule has 0 aromatic heterocycles. The first kappa shape index (κ1) is 9.20. The van der Waals surface area contributed by atoms with Gasteiger partial charge in [0.15, 0.2) is 0 Å². The highest BCUT2D eigenvalue weighted by Crippen LogP contribution is 2.19. The lowest BCUT2D eigenvalue weighted by atomic mass is 10.1. The number of nitrogen functional groups attached to an aromatic ring is 1. The number of halogens is 1. The average molecular weight is 186 g/mol. The first-order valence-electron chi connectivity index (χ1n) is 3.76. The lowest BCUT2D eigenvalue weighted by molar-refractivity contribution is 0.414. The van der Waals surface area contributed by atoms with Crippen LogP contribution in [-0.2, 0) is 6.42 Å². The third-order valence-electron chi connectivity index (χ3n) is 1.71. The molecule has 2 nitrogen and oxygen atoms in total. The second-order valence-electron chi connectivity index (χ2n) is 2.50. The van der Waals surface area contributed by atoms with Crippen molar-refractivity contribution in [2.45, 2.75) is 6.42 Å². The Balaban J connectivity index is 2.91. The average Bonchev–Trinajstić information content (AvgIpc) is 2.09. The van der Waals surface area contributed by atoms with Gasteiger partial charge in [-0.05, 0) is 30.2 Å². The Hall–Kier alpha value is -0.890. The summed E-state index contributed by atoms with van der Waals surface area (Å²) in [6, 6.07) is 5.59. The van der Waals surface area contributed by atoms with Gasteiger partial charge in [-0.15, -0.1) is 11.6 Å². The van der Waals surface area contributed by atoms with Gasteiger partial charge in [-0.2, -0.15) is 0 Å². The minimum absolute atomic E-state index is 0.581. The van der Waals surface area contributed by atoms with E-state index < -0.39 is 0 Å². The number of anilines is 1. The van der Waals surface area contributed by atoms with E-state index in [1.165, 1.54) is 0 Å². The van der Waals surface area contributed by atoms with Gasteiger partial charge in [-0.25, -0.2) is 0 Å². The van der Waals surface area contributed by atoms with E-state index in [9.17, 15) is 0 Å². The van der Waals surface area contributed by atoms with Crippen molar-refractivity contribution in [3.8, 4) is 5.75 Å². The molecule has 0 unspecified atom stereocenters. The SMILES string of the molecule is COc1ccc(N)c(CCCl)c1. The van der Waals surface area contributed by atoms with Crippen LogP contribution in [0.25, 0.3) is 0 Å². The maximum atomic E-state index is 5.72. The zero-order valence-electron chi connectivity index (χ0n) is 7.01. The molecule has 2 N–H and O–H groups in total. The predicted octanol–water partition coefficient (Wildman–Crippen LogP) is 2.06. The molecule has 1 aromatic carbocycles. The summed E-state index contributed by atoms with van der Waals surface area (Å²) in [5.74, 6) is 1.40. The van der Waals surface area contributed by atoms with Crippen LogP contribution < -0.4 is 10.5 Å². The quantitative estimate of drug-likeness (QED) is 0.578. The highest BCUT2D eigenvalue weighted by atomic mass is 35.5. The lowest BCUT2D eigenvalue weighted by Gasteiger charge is -2.05. The maximum absolute atomic E-state index is 5.72. The van der Waals surface area contributed by atoms with E-state index >= 15 is 0 Å². The van der Waals surface area contributed by atoms with Crippen LogP contribution in [0.1, 0.15) is 5.56 Å². The Labute approximate surface area is 77.3 Å². The van der Waals surface area contributed by atoms with Gasteiger partial charge in [0.2, 0.25) is 0 Å². The Morgan fingerprint density at radius 1 is 1.50 bits per heavy atom. The molecule has 0 heterocycles. The van der Waals surface area contributed by atoms with Gasteiger partial charge in [-0.3, -0.25) is 0 Å². The van der Waals surface area contributed by atoms with E-state index in [0.717, 1.165) is 23.4 Å². The fourth-order valence-corrected chi connectivity index (χ4v) is 1.23. The molecule has 66 valence electrons. The van der Waals surface area contributed by atoms with Crippen LogP contribution >= 0.6 is 11.6 Å². The lowest BCUT2D eigenvalue weighted by Crippen LogP contribution is -1.96. The van der Waals surface area contributed by atoms with Crippen LogP contribution in [0, 0.1) is 0 Å². The molecule has 0 bridgehead atoms. The Morgan fingerprint density at radius 3 is 2.83 bits per heavy atom. The second-order valence-corrected chi connectivity index (χ2v) is 2.88. The van der Waals surface area contributed by atoms with Crippen LogP contribution in [0.5, 0.6) is 5.75 Å². The van der Waals surface area contributed by atoms with Crippen LogP contribution in [-0.4, -0.2) is 13.0 Å². The van der Waals surface area contributed by atoms with E-state index in [-0.39, 0.29) is 0 Å². The number of rotatable bonds is 3. The number of hydrogen-bond acceptors (Lipinski definition) is 2. The molecule has 0 aliphatic heterocycles. The summed E-state index contributed by atoms with van der Waals surface area (Å²) in [4.78, 5) is 0. The van der Waals surface area contributed by atoms with Gasteiger partial charge in [-0.1, -0.05) is 0 Å². The molecular formula is C9H12ClNO. The Morgan fingerprint density at radius 2 is 2.25 bits per heavy atom. The summed E-state index contributed by atoms with van der Waals surface area (Å²) in [5.41, 5.74) is 7.54. The molecule has 1 aromatic rings. The van der Waals surface area contributed by atoms with E-state index in [1.54, 1.807) is 7.11 Å². The molecule has 0 aliphatic rings. The number of benzene rings is 1. The molecule has 0 amide bonds. The van der Waals surface area contributed by atoms with E-state index in [1.807, 2.05) is 18.2 Å². The first-order chi connectivity index (χ1) is 5.77. The number of aryl methyl sites for hydroxylation is 1. The zero-order chi connectivity index (χ0) is 8.97. The van der Waals surface area contributed by atoms with Crippen molar-refractivity contribution in [1.29, 1.82) is 0 Å². The van der Waals surface area contributed by atoms with Gasteiger partial charge in [0.1, 0.15) is 5.75 Å². The summed E-state index contributed by atoms with van der Waals surface area (Å²) in [6.07, 6.45) is 0.782. The molecule has 3 heteroatoms. The normalized spacial score (nSPS) is 9.83. The van der Waals surface area contributed by atoms with Gasteiger partial charge < -0.3 is 10.5 Å². The van der Waals surface area contributed by atoms with Crippen molar-refractivity contribution in [2.75, 3.05) is 18.7 Å². The highest BCUT2D eigenvalue weighted by molar-refractivity contribution is 6.18. The van der Waals surface area contributed by atoms with Crippen molar-refractivity contribution >= 4 is 17.3 Å². The number of ether oxygens (including phenoxy) is 1. The standard InChI is InChI=1S/C9H12ClNO/c1-12-8-2-3-9(11)7(6-8)4-5-10/h2-3,6H,4-5,11H2,1H3. The summed E-state index contributed by atoms with van der Waals surface area (Å²) >= 11 is 5.61. The molecule has 0 atom stereocenters. The molecule has 0 saturated carbocycles. The third-order valence-corrected chi connectivity index (χ3v) is 1.90. The minimum atomic E-state index is 0.581. The van der Waals surface area contributed by atoms with Gasteiger partial charge in [0.05, 0.1) is 7.11 Å². The van der Waals surface area contributed by atoms with Crippen LogP contribution in [0.15, 0.2) is 18.2 Å². The summed E-state index contributed by atoms with van der Waals surface area (Å²) in [6.45, 7) is 0. The molecule has 1 rings (SSSR count). The van der Waals surface area contributed by atoms with Crippen molar-refractivity contribution in [3.05, 3.63) is 23.8 Å². The van der Waals surface area contributed by atoms with Crippen LogP contribution in [0.2, 0.25) is 0 Å². The summed E-state index contributed by atoms with van der Waals surface area (Å²) < 4.78 is 5.06. The number of methoxy groups -OCH3 is 1. The monoisotopic (exact) mass is 185 g/mol. The number of alkyl halides is 1. The smallest absolute Gasteiger partial charge is 0.119 e.